The number of carbonyl (C=O) groups is 2. The third kappa shape index (κ3) is 4.45. The van der Waals surface area contributed by atoms with Gasteiger partial charge in [-0.1, -0.05) is 24.3 Å². The second-order valence-corrected chi connectivity index (χ2v) is 7.76. The molecule has 0 bridgehead atoms. The number of hydrogen-bond acceptors (Lipinski definition) is 6. The minimum Gasteiger partial charge on any atom is -0.484 e. The van der Waals surface area contributed by atoms with Gasteiger partial charge in [-0.15, -0.1) is 0 Å². The molecule has 4 aromatic rings. The van der Waals surface area contributed by atoms with Crippen LogP contribution in [0.4, 0.5) is 0 Å². The molecule has 0 radical (unpaired) electrons. The zero-order chi connectivity index (χ0) is 24.2. The van der Waals surface area contributed by atoms with E-state index in [9.17, 15) is 14.4 Å². The fourth-order valence-corrected chi connectivity index (χ4v) is 3.61. The Kier molecular flexibility index (Phi) is 6.53. The molecule has 1 amide bonds. The van der Waals surface area contributed by atoms with Crippen LogP contribution < -0.4 is 15.8 Å². The van der Waals surface area contributed by atoms with E-state index < -0.39 is 11.9 Å². The maximum absolute atomic E-state index is 13.2. The summed E-state index contributed by atoms with van der Waals surface area (Å²) < 4.78 is 13.7. The lowest BCUT2D eigenvalue weighted by Gasteiger charge is -2.17. The van der Waals surface area contributed by atoms with Crippen molar-refractivity contribution < 1.29 is 19.1 Å². The first-order valence-electron chi connectivity index (χ1n) is 10.9. The second-order valence-electron chi connectivity index (χ2n) is 7.76. The SMILES string of the molecule is CCOC(=O)c1cc2c(=O)n3ccccc3nc2n(C(C)C)c1=NC(=O)COc1ccccc1. The summed E-state index contributed by atoms with van der Waals surface area (Å²) in [5.41, 5.74) is 0.476. The molecular weight excluding hydrogens is 436 g/mol. The molecule has 4 rings (SSSR count). The molecule has 0 saturated carbocycles. The molecule has 0 aliphatic carbocycles. The molecule has 0 unspecified atom stereocenters. The van der Waals surface area contributed by atoms with E-state index in [1.807, 2.05) is 19.9 Å². The lowest BCUT2D eigenvalue weighted by molar-refractivity contribution is -0.120. The summed E-state index contributed by atoms with van der Waals surface area (Å²) in [6.45, 7) is 5.18. The zero-order valence-corrected chi connectivity index (χ0v) is 19.1. The Labute approximate surface area is 194 Å². The number of esters is 1. The normalized spacial score (nSPS) is 11.8. The van der Waals surface area contributed by atoms with Gasteiger partial charge >= 0.3 is 5.97 Å². The Morgan fingerprint density at radius 3 is 2.53 bits per heavy atom. The number of hydrogen-bond donors (Lipinski definition) is 0. The number of pyridine rings is 2. The van der Waals surface area contributed by atoms with Crippen LogP contribution in [0.2, 0.25) is 0 Å². The van der Waals surface area contributed by atoms with Crippen molar-refractivity contribution in [3.63, 3.8) is 0 Å². The average molecular weight is 460 g/mol. The van der Waals surface area contributed by atoms with Crippen LogP contribution >= 0.6 is 0 Å². The minimum absolute atomic E-state index is 0.00546. The number of ether oxygens (including phenoxy) is 2. The van der Waals surface area contributed by atoms with Crippen LogP contribution in [-0.2, 0) is 9.53 Å². The number of fused-ring (bicyclic) bond motifs is 2. The molecule has 0 aliphatic heterocycles. The molecule has 174 valence electrons. The molecule has 0 N–H and O–H groups in total. The predicted molar refractivity (Wildman–Crippen MR) is 126 cm³/mol. The predicted octanol–water partition coefficient (Wildman–Crippen LogP) is 2.91. The summed E-state index contributed by atoms with van der Waals surface area (Å²) in [7, 11) is 0. The molecule has 9 nitrogen and oxygen atoms in total. The van der Waals surface area contributed by atoms with E-state index in [4.69, 9.17) is 9.47 Å². The van der Waals surface area contributed by atoms with Gasteiger partial charge in [0.1, 0.15) is 22.6 Å². The number of amides is 1. The number of para-hydroxylation sites is 1. The number of aromatic nitrogens is 3. The molecule has 0 saturated heterocycles. The van der Waals surface area contributed by atoms with Crippen LogP contribution in [0.15, 0.2) is 70.6 Å². The van der Waals surface area contributed by atoms with Gasteiger partial charge in [-0.2, -0.15) is 4.99 Å². The van der Waals surface area contributed by atoms with E-state index in [-0.39, 0.29) is 41.3 Å². The summed E-state index contributed by atoms with van der Waals surface area (Å²) in [5.74, 6) is -0.763. The quantitative estimate of drug-likeness (QED) is 0.324. The van der Waals surface area contributed by atoms with Crippen molar-refractivity contribution in [2.24, 2.45) is 4.99 Å². The summed E-state index contributed by atoms with van der Waals surface area (Å²) in [4.78, 5) is 47.7. The molecule has 0 fully saturated rings. The second kappa shape index (κ2) is 9.70. The Morgan fingerprint density at radius 2 is 1.82 bits per heavy atom. The van der Waals surface area contributed by atoms with Crippen LogP contribution in [0.1, 0.15) is 37.2 Å². The monoisotopic (exact) mass is 460 g/mol. The van der Waals surface area contributed by atoms with Crippen LogP contribution in [0, 0.1) is 0 Å². The largest absolute Gasteiger partial charge is 0.484 e. The fraction of sp³-hybridized carbons (Fsp3) is 0.240. The molecule has 9 heteroatoms. The van der Waals surface area contributed by atoms with Crippen LogP contribution in [0.25, 0.3) is 16.7 Å². The maximum Gasteiger partial charge on any atom is 0.341 e. The zero-order valence-electron chi connectivity index (χ0n) is 19.1. The van der Waals surface area contributed by atoms with Crippen molar-refractivity contribution in [3.8, 4) is 5.75 Å². The highest BCUT2D eigenvalue weighted by Gasteiger charge is 2.21. The highest BCUT2D eigenvalue weighted by molar-refractivity contribution is 5.93. The third-order valence-electron chi connectivity index (χ3n) is 5.08. The summed E-state index contributed by atoms with van der Waals surface area (Å²) in [6.07, 6.45) is 1.61. The molecule has 3 heterocycles. The lowest BCUT2D eigenvalue weighted by Crippen LogP contribution is -2.34. The minimum atomic E-state index is -0.688. The van der Waals surface area contributed by atoms with E-state index in [0.29, 0.717) is 17.0 Å². The molecule has 3 aromatic heterocycles. The number of benzene rings is 1. The highest BCUT2D eigenvalue weighted by atomic mass is 16.5. The Morgan fingerprint density at radius 1 is 1.09 bits per heavy atom. The standard InChI is InChI=1S/C25H24N4O5/c1-4-33-25(32)19-14-18-22(26-20-12-8-9-13-28(20)24(18)31)29(16(2)3)23(19)27-21(30)15-34-17-10-6-5-7-11-17/h5-14,16H,4,15H2,1-3H3. The average Bonchev–Trinajstić information content (AvgIpc) is 2.83. The van der Waals surface area contributed by atoms with Gasteiger partial charge < -0.3 is 14.0 Å². The molecule has 1 aromatic carbocycles. The molecule has 0 spiro atoms. The summed E-state index contributed by atoms with van der Waals surface area (Å²) in [6, 6.07) is 15.2. The van der Waals surface area contributed by atoms with Crippen molar-refractivity contribution in [1.29, 1.82) is 0 Å². The molecule has 34 heavy (non-hydrogen) atoms. The van der Waals surface area contributed by atoms with Crippen molar-refractivity contribution >= 4 is 28.6 Å². The van der Waals surface area contributed by atoms with Crippen LogP contribution in [0.5, 0.6) is 5.75 Å². The van der Waals surface area contributed by atoms with Gasteiger partial charge in [0.15, 0.2) is 12.1 Å². The van der Waals surface area contributed by atoms with Gasteiger partial charge in [-0.05, 0) is 51.1 Å². The number of carbonyl (C=O) groups excluding carboxylic acids is 2. The van der Waals surface area contributed by atoms with Crippen molar-refractivity contribution in [2.45, 2.75) is 26.8 Å². The van der Waals surface area contributed by atoms with E-state index in [1.165, 1.54) is 10.5 Å². The Balaban J connectivity index is 1.96. The van der Waals surface area contributed by atoms with Crippen LogP contribution in [-0.4, -0.2) is 39.0 Å². The van der Waals surface area contributed by atoms with E-state index >= 15 is 0 Å². The molecule has 0 atom stereocenters. The Hall–Kier alpha value is -4.27. The Bertz CT molecular complexity index is 1500. The topological polar surface area (TPSA) is 104 Å². The van der Waals surface area contributed by atoms with Crippen molar-refractivity contribution in [3.05, 3.63) is 82.2 Å². The number of nitrogens with zero attached hydrogens (tertiary/aromatic N) is 4. The van der Waals surface area contributed by atoms with Crippen LogP contribution in [0.3, 0.4) is 0 Å². The van der Waals surface area contributed by atoms with Gasteiger partial charge in [-0.3, -0.25) is 14.0 Å². The van der Waals surface area contributed by atoms with Gasteiger partial charge in [0, 0.05) is 12.2 Å². The first-order valence-corrected chi connectivity index (χ1v) is 10.9. The van der Waals surface area contributed by atoms with E-state index in [2.05, 4.69) is 9.98 Å². The first kappa shape index (κ1) is 22.9. The van der Waals surface area contributed by atoms with Gasteiger partial charge in [0.2, 0.25) is 0 Å². The number of rotatable bonds is 6. The van der Waals surface area contributed by atoms with Gasteiger partial charge in [0.05, 0.1) is 12.0 Å². The smallest absolute Gasteiger partial charge is 0.341 e. The highest BCUT2D eigenvalue weighted by Crippen LogP contribution is 2.15. The van der Waals surface area contributed by atoms with E-state index in [0.717, 1.165) is 0 Å². The lowest BCUT2D eigenvalue weighted by atomic mass is 10.2. The third-order valence-corrected chi connectivity index (χ3v) is 5.08. The van der Waals surface area contributed by atoms with Crippen molar-refractivity contribution in [1.82, 2.24) is 14.0 Å². The first-order chi connectivity index (χ1) is 16.4. The summed E-state index contributed by atoms with van der Waals surface area (Å²) in [5, 5.41) is 0.215. The fourth-order valence-electron chi connectivity index (χ4n) is 3.61. The summed E-state index contributed by atoms with van der Waals surface area (Å²) >= 11 is 0. The van der Waals surface area contributed by atoms with Gasteiger partial charge in [-0.25, -0.2) is 9.78 Å². The van der Waals surface area contributed by atoms with Gasteiger partial charge in [0.25, 0.3) is 11.5 Å². The maximum atomic E-state index is 13.2. The molecule has 0 aliphatic rings. The molecular formula is C25H24N4O5. The van der Waals surface area contributed by atoms with E-state index in [1.54, 1.807) is 60.2 Å². The van der Waals surface area contributed by atoms with Crippen molar-refractivity contribution in [2.75, 3.05) is 13.2 Å².